The molecule has 2 atom stereocenters. The molecule has 4 rings (SSSR count). The van der Waals surface area contributed by atoms with Crippen molar-refractivity contribution in [2.45, 2.75) is 26.8 Å². The third-order valence-corrected chi connectivity index (χ3v) is 4.94. The summed E-state index contributed by atoms with van der Waals surface area (Å²) in [5.74, 6) is -0.280. The predicted molar refractivity (Wildman–Crippen MR) is 105 cm³/mol. The Kier molecular flexibility index (Phi) is 4.38. The van der Waals surface area contributed by atoms with Crippen LogP contribution in [0.4, 0.5) is 11.6 Å². The van der Waals surface area contributed by atoms with Crippen LogP contribution in [0.1, 0.15) is 29.7 Å². The zero-order valence-electron chi connectivity index (χ0n) is 15.8. The number of tetrazole rings is 1. The number of carbonyl (C=O) groups is 1. The van der Waals surface area contributed by atoms with Crippen LogP contribution in [0.15, 0.2) is 47.5 Å². The van der Waals surface area contributed by atoms with Crippen molar-refractivity contribution in [3.63, 3.8) is 0 Å². The molecule has 0 saturated heterocycles. The topological polar surface area (TPSA) is 105 Å². The van der Waals surface area contributed by atoms with E-state index in [-0.39, 0.29) is 11.7 Å². The molecule has 1 aliphatic heterocycles. The van der Waals surface area contributed by atoms with Gasteiger partial charge in [-0.2, -0.15) is 0 Å². The molecule has 142 valence electrons. The summed E-state index contributed by atoms with van der Waals surface area (Å²) < 4.78 is 1.55. The van der Waals surface area contributed by atoms with Crippen LogP contribution in [0.3, 0.4) is 0 Å². The number of carbonyl (C=O) groups excluding carboxylic acids is 1. The first-order valence-corrected chi connectivity index (χ1v) is 8.94. The number of fused-ring (bicyclic) bond motifs is 1. The lowest BCUT2D eigenvalue weighted by Crippen LogP contribution is -2.39. The second-order valence-electron chi connectivity index (χ2n) is 7.00. The molecule has 0 radical (unpaired) electrons. The van der Waals surface area contributed by atoms with E-state index in [0.717, 1.165) is 22.4 Å². The zero-order chi connectivity index (χ0) is 19.8. The lowest BCUT2D eigenvalue weighted by atomic mass is 9.87. The average Bonchev–Trinajstić information content (AvgIpc) is 3.11. The molecule has 1 aromatic heterocycles. The lowest BCUT2D eigenvalue weighted by Gasteiger charge is -2.30. The first kappa shape index (κ1) is 17.8. The molecule has 0 saturated carbocycles. The van der Waals surface area contributed by atoms with Gasteiger partial charge in [0.1, 0.15) is 11.7 Å². The molecular weight excluding hydrogens is 356 g/mol. The van der Waals surface area contributed by atoms with E-state index in [2.05, 4.69) is 25.8 Å². The van der Waals surface area contributed by atoms with Gasteiger partial charge in [-0.05, 0) is 60.5 Å². The molecule has 0 fully saturated rings. The highest BCUT2D eigenvalue weighted by Crippen LogP contribution is 2.36. The molecule has 2 heterocycles. The SMILES string of the molecule is CC1=Nc2nnnn2C(c2ccc(O)cc2)C1C(=O)Nc1ccc(C)cc1C. The molecule has 0 bridgehead atoms. The molecule has 0 spiro atoms. The Hall–Kier alpha value is -3.55. The highest BCUT2D eigenvalue weighted by Gasteiger charge is 2.39. The minimum absolute atomic E-state index is 0.151. The Labute approximate surface area is 161 Å². The maximum atomic E-state index is 13.3. The Bertz CT molecular complexity index is 1070. The van der Waals surface area contributed by atoms with Gasteiger partial charge in [0.2, 0.25) is 5.91 Å². The van der Waals surface area contributed by atoms with Crippen molar-refractivity contribution in [2.24, 2.45) is 10.9 Å². The van der Waals surface area contributed by atoms with E-state index in [0.29, 0.717) is 11.7 Å². The van der Waals surface area contributed by atoms with Crippen molar-refractivity contribution in [1.82, 2.24) is 20.2 Å². The molecule has 2 aromatic carbocycles. The minimum atomic E-state index is -0.596. The number of benzene rings is 2. The first-order valence-electron chi connectivity index (χ1n) is 8.94. The van der Waals surface area contributed by atoms with Gasteiger partial charge >= 0.3 is 0 Å². The molecule has 1 amide bonds. The molecule has 8 heteroatoms. The summed E-state index contributed by atoms with van der Waals surface area (Å²) in [6.07, 6.45) is 0. The Balaban J connectivity index is 1.74. The number of aliphatic imine (C=N–C) groups is 1. The lowest BCUT2D eigenvalue weighted by molar-refractivity contribution is -0.118. The van der Waals surface area contributed by atoms with Gasteiger partial charge in [-0.1, -0.05) is 34.9 Å². The average molecular weight is 376 g/mol. The van der Waals surface area contributed by atoms with Crippen molar-refractivity contribution in [3.05, 3.63) is 59.2 Å². The number of nitrogens with one attached hydrogen (secondary N) is 1. The van der Waals surface area contributed by atoms with E-state index in [4.69, 9.17) is 0 Å². The van der Waals surface area contributed by atoms with Gasteiger partial charge in [-0.15, -0.1) is 0 Å². The number of aromatic hydroxyl groups is 1. The highest BCUT2D eigenvalue weighted by molar-refractivity contribution is 6.10. The smallest absolute Gasteiger partial charge is 0.269 e. The number of phenolic OH excluding ortho intramolecular Hbond substituents is 1. The number of hydrogen-bond acceptors (Lipinski definition) is 6. The fraction of sp³-hybridized carbons (Fsp3) is 0.250. The van der Waals surface area contributed by atoms with Crippen molar-refractivity contribution >= 4 is 23.3 Å². The maximum absolute atomic E-state index is 13.3. The number of aromatic nitrogens is 4. The van der Waals surface area contributed by atoms with Gasteiger partial charge in [0, 0.05) is 11.4 Å². The van der Waals surface area contributed by atoms with Crippen molar-refractivity contribution in [3.8, 4) is 5.75 Å². The number of anilines is 1. The van der Waals surface area contributed by atoms with Gasteiger partial charge in [0.25, 0.3) is 5.95 Å². The van der Waals surface area contributed by atoms with Crippen molar-refractivity contribution in [1.29, 1.82) is 0 Å². The summed E-state index contributed by atoms with van der Waals surface area (Å²) in [7, 11) is 0. The van der Waals surface area contributed by atoms with Crippen LogP contribution in [0.5, 0.6) is 5.75 Å². The predicted octanol–water partition coefficient (Wildman–Crippen LogP) is 2.95. The van der Waals surface area contributed by atoms with Gasteiger partial charge in [-0.3, -0.25) is 4.79 Å². The standard InChI is InChI=1S/C20H20N6O2/c1-11-4-9-16(12(2)10-11)22-19(28)17-13(3)21-20-23-24-25-26(20)18(17)14-5-7-15(27)8-6-14/h4-10,17-18,27H,1-3H3,(H,22,28). The minimum Gasteiger partial charge on any atom is -0.508 e. The fourth-order valence-corrected chi connectivity index (χ4v) is 3.54. The number of rotatable bonds is 3. The first-order chi connectivity index (χ1) is 13.4. The fourth-order valence-electron chi connectivity index (χ4n) is 3.54. The molecule has 2 N–H and O–H groups in total. The highest BCUT2D eigenvalue weighted by atomic mass is 16.3. The Morgan fingerprint density at radius 1 is 1.11 bits per heavy atom. The molecular formula is C20H20N6O2. The van der Waals surface area contributed by atoms with Gasteiger partial charge in [0.05, 0.1) is 6.04 Å². The van der Waals surface area contributed by atoms with E-state index in [1.165, 1.54) is 0 Å². The number of nitrogens with zero attached hydrogens (tertiary/aromatic N) is 5. The van der Waals surface area contributed by atoms with Crippen LogP contribution < -0.4 is 5.32 Å². The molecule has 0 aliphatic carbocycles. The summed E-state index contributed by atoms with van der Waals surface area (Å²) in [5, 5.41) is 24.3. The molecule has 3 aromatic rings. The van der Waals surface area contributed by atoms with E-state index in [1.807, 2.05) is 32.0 Å². The van der Waals surface area contributed by atoms with Crippen molar-refractivity contribution < 1.29 is 9.90 Å². The van der Waals surface area contributed by atoms with Gasteiger partial charge < -0.3 is 10.4 Å². The van der Waals surface area contributed by atoms with Crippen molar-refractivity contribution in [2.75, 3.05) is 5.32 Å². The summed E-state index contributed by atoms with van der Waals surface area (Å²) in [5.41, 5.74) is 4.31. The summed E-state index contributed by atoms with van der Waals surface area (Å²) in [6.45, 7) is 5.77. The van der Waals surface area contributed by atoms with Crippen LogP contribution in [0.25, 0.3) is 0 Å². The van der Waals surface area contributed by atoms with E-state index in [1.54, 1.807) is 35.9 Å². The normalized spacial score (nSPS) is 18.3. The third-order valence-electron chi connectivity index (χ3n) is 4.94. The summed E-state index contributed by atoms with van der Waals surface area (Å²) >= 11 is 0. The number of amides is 1. The zero-order valence-corrected chi connectivity index (χ0v) is 15.8. The van der Waals surface area contributed by atoms with Crippen LogP contribution in [0.2, 0.25) is 0 Å². The molecule has 1 aliphatic rings. The Morgan fingerprint density at radius 3 is 2.57 bits per heavy atom. The molecule has 8 nitrogen and oxygen atoms in total. The Morgan fingerprint density at radius 2 is 1.86 bits per heavy atom. The number of phenols is 1. The van der Waals surface area contributed by atoms with Crippen LogP contribution in [-0.2, 0) is 4.79 Å². The van der Waals surface area contributed by atoms with E-state index in [9.17, 15) is 9.90 Å². The molecule has 28 heavy (non-hydrogen) atoms. The van der Waals surface area contributed by atoms with Crippen LogP contribution in [0, 0.1) is 19.8 Å². The van der Waals surface area contributed by atoms with E-state index < -0.39 is 12.0 Å². The summed E-state index contributed by atoms with van der Waals surface area (Å²) in [4.78, 5) is 17.7. The summed E-state index contributed by atoms with van der Waals surface area (Å²) in [6, 6.07) is 12.1. The van der Waals surface area contributed by atoms with Gasteiger partial charge in [-0.25, -0.2) is 9.67 Å². The quantitative estimate of drug-likeness (QED) is 0.731. The second-order valence-corrected chi connectivity index (χ2v) is 7.00. The third kappa shape index (κ3) is 3.13. The van der Waals surface area contributed by atoms with E-state index >= 15 is 0 Å². The maximum Gasteiger partial charge on any atom is 0.269 e. The second kappa shape index (κ2) is 6.88. The molecule has 2 unspecified atom stereocenters. The van der Waals surface area contributed by atoms with Crippen LogP contribution >= 0.6 is 0 Å². The van der Waals surface area contributed by atoms with Gasteiger partial charge in [0.15, 0.2) is 0 Å². The monoisotopic (exact) mass is 376 g/mol. The van der Waals surface area contributed by atoms with Crippen LogP contribution in [-0.4, -0.2) is 36.9 Å². The largest absolute Gasteiger partial charge is 0.508 e. The number of hydrogen-bond donors (Lipinski definition) is 2. The number of aryl methyl sites for hydroxylation is 2.